The molecule has 7 heterocycles. The summed E-state index contributed by atoms with van der Waals surface area (Å²) in [5, 5.41) is 0. The number of carbonyl (C=O) groups is 3. The van der Waals surface area contributed by atoms with Crippen LogP contribution in [0.4, 0.5) is 14.4 Å². The van der Waals surface area contributed by atoms with E-state index in [0.717, 1.165) is 97.5 Å². The summed E-state index contributed by atoms with van der Waals surface area (Å²) in [5.74, 6) is 0. The molecule has 0 spiro atoms. The van der Waals surface area contributed by atoms with Gasteiger partial charge < -0.3 is 38.2 Å². The Labute approximate surface area is 408 Å². The Hall–Kier alpha value is -4.28. The van der Waals surface area contributed by atoms with Crippen LogP contribution in [0.1, 0.15) is 183 Å². The SMILES string of the molecule is CC(C)(C)OC(=O)N1CCCC[C@H]1c1cccnc1.CC(C)(C)OC(=O)N1CCCC[C@H]1c1cncc(B2OC(C)(C)C(C)(C)O2)c1.CC(C)(C)OC(=O)N1CCCC[C@H]1c1cncc(Br)c1. The number of pyridine rings is 3. The quantitative estimate of drug-likeness (QED) is 0.182. The van der Waals surface area contributed by atoms with Crippen LogP contribution >= 0.6 is 15.9 Å². The maximum Gasteiger partial charge on any atom is 0.496 e. The van der Waals surface area contributed by atoms with Crippen molar-refractivity contribution in [3.05, 3.63) is 82.6 Å². The lowest BCUT2D eigenvalue weighted by Gasteiger charge is -2.37. The van der Waals surface area contributed by atoms with E-state index in [1.54, 1.807) is 18.6 Å². The van der Waals surface area contributed by atoms with Gasteiger partial charge in [-0.15, -0.1) is 0 Å². The predicted molar refractivity (Wildman–Crippen MR) is 265 cm³/mol. The zero-order valence-corrected chi connectivity index (χ0v) is 44.0. The Bertz CT molecular complexity index is 2090. The van der Waals surface area contributed by atoms with E-state index in [2.05, 4.69) is 36.9 Å². The minimum atomic E-state index is -0.512. The van der Waals surface area contributed by atoms with Gasteiger partial charge in [0.1, 0.15) is 16.8 Å². The van der Waals surface area contributed by atoms with Crippen LogP contribution in [0.3, 0.4) is 0 Å². The van der Waals surface area contributed by atoms with E-state index in [0.29, 0.717) is 6.54 Å². The molecule has 0 aromatic carbocycles. The molecule has 0 aliphatic carbocycles. The number of hydrogen-bond donors (Lipinski definition) is 0. The van der Waals surface area contributed by atoms with Gasteiger partial charge in [-0.1, -0.05) is 12.1 Å². The van der Waals surface area contributed by atoms with Gasteiger partial charge in [-0.2, -0.15) is 0 Å². The molecule has 0 radical (unpaired) electrons. The van der Waals surface area contributed by atoms with Gasteiger partial charge in [-0.05, 0) is 193 Å². The molecule has 4 saturated heterocycles. The summed E-state index contributed by atoms with van der Waals surface area (Å²) in [5.41, 5.74) is 1.80. The fourth-order valence-electron chi connectivity index (χ4n) is 8.40. The molecule has 4 aliphatic rings. The largest absolute Gasteiger partial charge is 0.496 e. The summed E-state index contributed by atoms with van der Waals surface area (Å²) in [7, 11) is -0.462. The molecule has 3 atom stereocenters. The molecule has 4 aliphatic heterocycles. The van der Waals surface area contributed by atoms with E-state index >= 15 is 0 Å². The monoisotopic (exact) mass is 991 g/mol. The number of hydrogen-bond acceptors (Lipinski definition) is 11. The number of piperidine rings is 3. The van der Waals surface area contributed by atoms with Gasteiger partial charge in [0.25, 0.3) is 0 Å². The van der Waals surface area contributed by atoms with Crippen molar-refractivity contribution in [3.63, 3.8) is 0 Å². The van der Waals surface area contributed by atoms with Crippen LogP contribution in [0.5, 0.6) is 0 Å². The summed E-state index contributed by atoms with van der Waals surface area (Å²) >= 11 is 3.44. The molecule has 67 heavy (non-hydrogen) atoms. The molecular formula is C51H76BBrN6O8. The Morgan fingerprint density at radius 2 is 0.970 bits per heavy atom. The van der Waals surface area contributed by atoms with Gasteiger partial charge in [0.15, 0.2) is 0 Å². The van der Waals surface area contributed by atoms with Gasteiger partial charge in [0.05, 0.1) is 29.3 Å². The van der Waals surface area contributed by atoms with Crippen LogP contribution in [0.15, 0.2) is 65.9 Å². The maximum absolute atomic E-state index is 12.7. The van der Waals surface area contributed by atoms with Crippen molar-refractivity contribution in [1.82, 2.24) is 29.7 Å². The van der Waals surface area contributed by atoms with Crippen molar-refractivity contribution in [1.29, 1.82) is 0 Å². The van der Waals surface area contributed by atoms with Crippen LogP contribution in [0.25, 0.3) is 0 Å². The van der Waals surface area contributed by atoms with E-state index in [1.807, 2.05) is 141 Å². The molecule has 4 fully saturated rings. The van der Waals surface area contributed by atoms with E-state index in [9.17, 15) is 14.4 Å². The molecular weight excluding hydrogens is 915 g/mol. The molecule has 3 amide bonds. The lowest BCUT2D eigenvalue weighted by atomic mass is 9.79. The van der Waals surface area contributed by atoms with Crippen molar-refractivity contribution in [3.8, 4) is 0 Å². The number of nitrogens with zero attached hydrogens (tertiary/aromatic N) is 6. The predicted octanol–water partition coefficient (Wildman–Crippen LogP) is 11.7. The number of ether oxygens (including phenoxy) is 3. The Balaban J connectivity index is 0.000000193. The van der Waals surface area contributed by atoms with Crippen LogP contribution in [-0.4, -0.2) is 103 Å². The molecule has 3 aromatic heterocycles. The molecule has 0 bridgehead atoms. The number of aromatic nitrogens is 3. The van der Waals surface area contributed by atoms with Crippen molar-refractivity contribution in [2.24, 2.45) is 0 Å². The molecule has 14 nitrogen and oxygen atoms in total. The first-order valence-corrected chi connectivity index (χ1v) is 24.8. The average molecular weight is 992 g/mol. The highest BCUT2D eigenvalue weighted by Gasteiger charge is 2.52. The van der Waals surface area contributed by atoms with Crippen LogP contribution in [0.2, 0.25) is 0 Å². The van der Waals surface area contributed by atoms with Crippen LogP contribution in [0, 0.1) is 0 Å². The molecule has 16 heteroatoms. The molecule has 7 rings (SSSR count). The number of amides is 3. The summed E-state index contributed by atoms with van der Waals surface area (Å²) in [6, 6.07) is 8.14. The summed E-state index contributed by atoms with van der Waals surface area (Å²) in [4.78, 5) is 55.7. The van der Waals surface area contributed by atoms with Crippen molar-refractivity contribution < 1.29 is 37.9 Å². The molecule has 0 N–H and O–H groups in total. The Morgan fingerprint density at radius 1 is 0.582 bits per heavy atom. The van der Waals surface area contributed by atoms with Gasteiger partial charge in [0.2, 0.25) is 0 Å². The van der Waals surface area contributed by atoms with E-state index in [-0.39, 0.29) is 36.4 Å². The van der Waals surface area contributed by atoms with Crippen LogP contribution in [-0.2, 0) is 23.5 Å². The zero-order valence-electron chi connectivity index (χ0n) is 42.4. The van der Waals surface area contributed by atoms with Gasteiger partial charge >= 0.3 is 25.4 Å². The van der Waals surface area contributed by atoms with Crippen molar-refractivity contribution in [2.45, 2.75) is 194 Å². The summed E-state index contributed by atoms with van der Waals surface area (Å²) in [6.07, 6.45) is 19.3. The average Bonchev–Trinajstić information content (AvgIpc) is 3.48. The standard InChI is InChI=1S/C21H33BN2O4.C15H21BrN2O2.C15H22N2O2/c1-19(2,3)26-18(25)24-11-9-8-10-17(24)15-12-16(14-23-13-15)22-27-20(4,5)21(6,7)28-22;1-15(2,3)20-14(19)18-7-5-4-6-13(18)11-8-12(16)10-17-9-11;1-15(2,3)19-14(18)17-10-5-4-8-13(17)12-7-6-9-16-11-12/h12-14,17H,8-11H2,1-7H3;8-10,13H,4-7H2,1-3H3;6-7,9,11,13H,4-5,8,10H2,1-3H3/t17-;2*13-/m000/s1. The topological polar surface area (TPSA) is 146 Å². The number of rotatable bonds is 4. The normalized spacial score (nSPS) is 21.8. The van der Waals surface area contributed by atoms with Gasteiger partial charge in [-0.3, -0.25) is 15.0 Å². The lowest BCUT2D eigenvalue weighted by molar-refractivity contribution is 0.00578. The van der Waals surface area contributed by atoms with Crippen LogP contribution < -0.4 is 5.46 Å². The van der Waals surface area contributed by atoms with Gasteiger partial charge in [0, 0.05) is 66.8 Å². The summed E-state index contributed by atoms with van der Waals surface area (Å²) in [6.45, 7) is 27.4. The van der Waals surface area contributed by atoms with Crippen molar-refractivity contribution >= 4 is 46.8 Å². The highest BCUT2D eigenvalue weighted by molar-refractivity contribution is 9.10. The van der Waals surface area contributed by atoms with E-state index in [4.69, 9.17) is 23.5 Å². The minimum Gasteiger partial charge on any atom is -0.444 e. The first-order valence-electron chi connectivity index (χ1n) is 24.0. The molecule has 368 valence electrons. The number of likely N-dealkylation sites (tertiary alicyclic amines) is 3. The first-order chi connectivity index (χ1) is 31.2. The highest BCUT2D eigenvalue weighted by atomic mass is 79.9. The minimum absolute atomic E-state index is 0.0431. The summed E-state index contributed by atoms with van der Waals surface area (Å²) < 4.78 is 29.9. The Kier molecular flexibility index (Phi) is 18.0. The second kappa shape index (κ2) is 22.4. The number of carbonyl (C=O) groups excluding carboxylic acids is 3. The maximum atomic E-state index is 12.7. The van der Waals surface area contributed by atoms with Gasteiger partial charge in [-0.25, -0.2) is 14.4 Å². The van der Waals surface area contributed by atoms with Crippen molar-refractivity contribution in [2.75, 3.05) is 19.6 Å². The molecule has 3 aromatic rings. The second-order valence-electron chi connectivity index (χ2n) is 21.9. The number of halogens is 1. The third-order valence-corrected chi connectivity index (χ3v) is 12.7. The smallest absolute Gasteiger partial charge is 0.444 e. The first kappa shape index (κ1) is 53.7. The molecule has 0 unspecified atom stereocenters. The third kappa shape index (κ3) is 15.6. The fraction of sp³-hybridized carbons (Fsp3) is 0.647. The Morgan fingerprint density at radius 3 is 1.36 bits per heavy atom. The third-order valence-electron chi connectivity index (χ3n) is 12.3. The zero-order chi connectivity index (χ0) is 49.4. The van der Waals surface area contributed by atoms with E-state index < -0.39 is 35.1 Å². The lowest BCUT2D eigenvalue weighted by Crippen LogP contribution is -2.42. The second-order valence-corrected chi connectivity index (χ2v) is 22.8. The van der Waals surface area contributed by atoms with E-state index in [1.165, 1.54) is 0 Å². The molecule has 0 saturated carbocycles. The fourth-order valence-corrected chi connectivity index (χ4v) is 8.78. The highest BCUT2D eigenvalue weighted by Crippen LogP contribution is 2.38.